The summed E-state index contributed by atoms with van der Waals surface area (Å²) in [4.78, 5) is 2.29. The molecule has 0 aromatic rings. The van der Waals surface area contributed by atoms with Crippen molar-refractivity contribution in [2.75, 3.05) is 31.1 Å². The topological polar surface area (TPSA) is 49.4 Å². The van der Waals surface area contributed by atoms with Gasteiger partial charge in [0.05, 0.1) is 5.75 Å². The van der Waals surface area contributed by atoms with Crippen molar-refractivity contribution in [1.82, 2.24) is 10.2 Å². The van der Waals surface area contributed by atoms with Gasteiger partial charge < -0.3 is 5.32 Å². The first-order valence-corrected chi connectivity index (χ1v) is 8.94. The van der Waals surface area contributed by atoms with Gasteiger partial charge in [0.25, 0.3) is 0 Å². The van der Waals surface area contributed by atoms with Gasteiger partial charge in [-0.3, -0.25) is 4.90 Å². The fourth-order valence-corrected chi connectivity index (χ4v) is 3.76. The van der Waals surface area contributed by atoms with Crippen molar-refractivity contribution in [2.45, 2.75) is 52.1 Å². The van der Waals surface area contributed by atoms with E-state index in [1.165, 1.54) is 12.8 Å². The molecule has 18 heavy (non-hydrogen) atoms. The highest BCUT2D eigenvalue weighted by Gasteiger charge is 2.21. The molecule has 0 amide bonds. The highest BCUT2D eigenvalue weighted by Crippen LogP contribution is 2.09. The lowest BCUT2D eigenvalue weighted by molar-refractivity contribution is 0.214. The number of hydrogen-bond acceptors (Lipinski definition) is 4. The minimum absolute atomic E-state index is 0.297. The van der Waals surface area contributed by atoms with Crippen LogP contribution in [0.3, 0.4) is 0 Å². The van der Waals surface area contributed by atoms with Gasteiger partial charge in [0.1, 0.15) is 0 Å². The highest BCUT2D eigenvalue weighted by atomic mass is 32.2. The zero-order chi connectivity index (χ0) is 13.6. The molecule has 1 N–H and O–H groups in total. The van der Waals surface area contributed by atoms with Crippen LogP contribution in [0.1, 0.15) is 40.0 Å². The zero-order valence-electron chi connectivity index (χ0n) is 12.0. The monoisotopic (exact) mass is 276 g/mol. The van der Waals surface area contributed by atoms with E-state index in [1.807, 2.05) is 6.92 Å². The van der Waals surface area contributed by atoms with Crippen LogP contribution in [0.15, 0.2) is 0 Å². The second-order valence-electron chi connectivity index (χ2n) is 5.53. The predicted octanol–water partition coefficient (Wildman–Crippen LogP) is 1.27. The average Bonchev–Trinajstić information content (AvgIpc) is 2.76. The summed E-state index contributed by atoms with van der Waals surface area (Å²) in [5.41, 5.74) is 0. The van der Waals surface area contributed by atoms with Crippen LogP contribution >= 0.6 is 0 Å². The lowest BCUT2D eigenvalue weighted by Gasteiger charge is -2.29. The van der Waals surface area contributed by atoms with Crippen LogP contribution in [-0.2, 0) is 9.84 Å². The molecular formula is C13H28N2O2S. The molecule has 1 atom stereocenters. The first kappa shape index (κ1) is 15.9. The van der Waals surface area contributed by atoms with E-state index in [0.717, 1.165) is 13.1 Å². The largest absolute Gasteiger partial charge is 0.313 e. The van der Waals surface area contributed by atoms with E-state index in [0.29, 0.717) is 36.6 Å². The molecule has 1 fully saturated rings. The molecule has 0 aromatic heterocycles. The van der Waals surface area contributed by atoms with E-state index in [4.69, 9.17) is 0 Å². The van der Waals surface area contributed by atoms with Crippen LogP contribution in [0, 0.1) is 0 Å². The van der Waals surface area contributed by atoms with E-state index >= 15 is 0 Å². The molecule has 1 heterocycles. The molecule has 0 radical (unpaired) electrons. The number of hydrogen-bond donors (Lipinski definition) is 1. The van der Waals surface area contributed by atoms with Crippen molar-refractivity contribution < 1.29 is 8.42 Å². The third kappa shape index (κ3) is 5.67. The third-order valence-electron chi connectivity index (χ3n) is 3.55. The van der Waals surface area contributed by atoms with Gasteiger partial charge in [-0.05, 0) is 39.7 Å². The Morgan fingerprint density at radius 3 is 2.56 bits per heavy atom. The Morgan fingerprint density at radius 2 is 2.06 bits per heavy atom. The summed E-state index contributed by atoms with van der Waals surface area (Å²) in [5.74, 6) is 0.617. The van der Waals surface area contributed by atoms with E-state index in [1.54, 1.807) is 0 Å². The smallest absolute Gasteiger partial charge is 0.151 e. The van der Waals surface area contributed by atoms with Crippen LogP contribution < -0.4 is 5.32 Å². The predicted molar refractivity (Wildman–Crippen MR) is 76.7 cm³/mol. The Labute approximate surface area is 112 Å². The molecule has 1 aliphatic heterocycles. The van der Waals surface area contributed by atoms with Crippen molar-refractivity contribution in [3.05, 3.63) is 0 Å². The summed E-state index contributed by atoms with van der Waals surface area (Å²) in [6.45, 7) is 8.94. The van der Waals surface area contributed by atoms with E-state index < -0.39 is 9.84 Å². The summed E-state index contributed by atoms with van der Waals surface area (Å²) >= 11 is 0. The van der Waals surface area contributed by atoms with Crippen molar-refractivity contribution in [3.8, 4) is 0 Å². The van der Waals surface area contributed by atoms with Crippen LogP contribution in [0.2, 0.25) is 0 Å². The van der Waals surface area contributed by atoms with Crippen LogP contribution in [0.4, 0.5) is 0 Å². The maximum Gasteiger partial charge on any atom is 0.151 e. The van der Waals surface area contributed by atoms with Crippen LogP contribution in [0.25, 0.3) is 0 Å². The summed E-state index contributed by atoms with van der Waals surface area (Å²) < 4.78 is 23.5. The Morgan fingerprint density at radius 1 is 1.33 bits per heavy atom. The maximum absolute atomic E-state index is 11.8. The fraction of sp³-hybridized carbons (Fsp3) is 1.00. The molecule has 1 saturated heterocycles. The maximum atomic E-state index is 11.8. The number of nitrogens with zero attached hydrogens (tertiary/aromatic N) is 1. The number of nitrogens with one attached hydrogen (secondary N) is 1. The van der Waals surface area contributed by atoms with E-state index in [2.05, 4.69) is 24.1 Å². The molecule has 108 valence electrons. The van der Waals surface area contributed by atoms with Gasteiger partial charge >= 0.3 is 0 Å². The van der Waals surface area contributed by atoms with Gasteiger partial charge in [0, 0.05) is 30.9 Å². The molecule has 0 saturated carbocycles. The minimum Gasteiger partial charge on any atom is -0.313 e. The first-order chi connectivity index (χ1) is 8.44. The zero-order valence-corrected chi connectivity index (χ0v) is 12.8. The van der Waals surface area contributed by atoms with Crippen molar-refractivity contribution in [2.24, 2.45) is 0 Å². The molecule has 4 nitrogen and oxygen atoms in total. The van der Waals surface area contributed by atoms with E-state index in [-0.39, 0.29) is 0 Å². The second-order valence-corrected chi connectivity index (χ2v) is 7.84. The Kier molecular flexibility index (Phi) is 6.60. The SMILES string of the molecule is CCCS(=O)(=O)CCN(CC1CCCN1)C(C)C. The standard InChI is InChI=1S/C13H28N2O2S/c1-4-9-18(16,17)10-8-15(12(2)3)11-13-6-5-7-14-13/h12-14H,4-11H2,1-3H3. The molecule has 0 aliphatic carbocycles. The van der Waals surface area contributed by atoms with Crippen molar-refractivity contribution in [3.63, 3.8) is 0 Å². The van der Waals surface area contributed by atoms with Gasteiger partial charge in [0.15, 0.2) is 9.84 Å². The normalized spacial score (nSPS) is 21.1. The number of rotatable bonds is 8. The third-order valence-corrected chi connectivity index (χ3v) is 5.39. The van der Waals surface area contributed by atoms with E-state index in [9.17, 15) is 8.42 Å². The van der Waals surface area contributed by atoms with Gasteiger partial charge in [0.2, 0.25) is 0 Å². The quantitative estimate of drug-likeness (QED) is 0.725. The number of sulfone groups is 1. The van der Waals surface area contributed by atoms with Crippen LogP contribution in [0.5, 0.6) is 0 Å². The Balaban J connectivity index is 2.42. The molecule has 1 rings (SSSR count). The molecule has 1 aliphatic rings. The lowest BCUT2D eigenvalue weighted by atomic mass is 10.2. The molecule has 0 spiro atoms. The van der Waals surface area contributed by atoms with Gasteiger partial charge in [-0.25, -0.2) is 8.42 Å². The van der Waals surface area contributed by atoms with Crippen molar-refractivity contribution >= 4 is 9.84 Å². The molecule has 1 unspecified atom stereocenters. The Hall–Kier alpha value is -0.130. The van der Waals surface area contributed by atoms with Gasteiger partial charge in [-0.2, -0.15) is 0 Å². The second kappa shape index (κ2) is 7.46. The molecule has 5 heteroatoms. The van der Waals surface area contributed by atoms with Crippen molar-refractivity contribution in [1.29, 1.82) is 0 Å². The minimum atomic E-state index is -2.86. The summed E-state index contributed by atoms with van der Waals surface area (Å²) in [5, 5.41) is 3.47. The fourth-order valence-electron chi connectivity index (χ4n) is 2.43. The Bertz CT molecular complexity index is 322. The van der Waals surface area contributed by atoms with Crippen LogP contribution in [-0.4, -0.2) is 56.5 Å². The summed E-state index contributed by atoms with van der Waals surface area (Å²) in [6, 6.07) is 0.950. The van der Waals surface area contributed by atoms with Gasteiger partial charge in [-0.15, -0.1) is 0 Å². The molecule has 0 aromatic carbocycles. The summed E-state index contributed by atoms with van der Waals surface area (Å²) in [6.07, 6.45) is 3.17. The molecule has 0 bridgehead atoms. The summed E-state index contributed by atoms with van der Waals surface area (Å²) in [7, 11) is -2.86. The average molecular weight is 276 g/mol. The molecular weight excluding hydrogens is 248 g/mol. The van der Waals surface area contributed by atoms with Gasteiger partial charge in [-0.1, -0.05) is 6.92 Å². The highest BCUT2D eigenvalue weighted by molar-refractivity contribution is 7.91. The first-order valence-electron chi connectivity index (χ1n) is 7.12. The lowest BCUT2D eigenvalue weighted by Crippen LogP contribution is -2.43.